The monoisotopic (exact) mass is 178 g/mol. The van der Waals surface area contributed by atoms with Gasteiger partial charge in [-0.05, 0) is 5.75 Å². The van der Waals surface area contributed by atoms with Gasteiger partial charge in [-0.2, -0.15) is 11.8 Å². The summed E-state index contributed by atoms with van der Waals surface area (Å²) in [6.45, 7) is 2.30. The zero-order valence-electron chi connectivity index (χ0n) is 6.56. The molecule has 0 saturated carbocycles. The summed E-state index contributed by atoms with van der Waals surface area (Å²) in [4.78, 5) is 0. The van der Waals surface area contributed by atoms with E-state index in [1.807, 2.05) is 6.92 Å². The lowest BCUT2D eigenvalue weighted by Gasteiger charge is -2.30. The van der Waals surface area contributed by atoms with Gasteiger partial charge in [-0.25, -0.2) is 0 Å². The van der Waals surface area contributed by atoms with Crippen LogP contribution in [0.15, 0.2) is 0 Å². The fourth-order valence-corrected chi connectivity index (χ4v) is 2.16. The van der Waals surface area contributed by atoms with E-state index < -0.39 is 12.4 Å². The maximum absolute atomic E-state index is 9.36. The van der Waals surface area contributed by atoms with E-state index in [1.54, 1.807) is 11.8 Å². The van der Waals surface area contributed by atoms with Crippen molar-refractivity contribution in [2.24, 2.45) is 0 Å². The van der Waals surface area contributed by atoms with Crippen LogP contribution in [0.25, 0.3) is 0 Å². The molecule has 1 saturated heterocycles. The van der Waals surface area contributed by atoms with E-state index in [-0.39, 0.29) is 11.9 Å². The van der Waals surface area contributed by atoms with Crippen LogP contribution in [0.2, 0.25) is 0 Å². The molecule has 0 amide bonds. The average molecular weight is 178 g/mol. The number of thioether (sulfide) groups is 1. The topological polar surface area (TPSA) is 49.7 Å². The summed E-state index contributed by atoms with van der Waals surface area (Å²) >= 11 is 1.67. The van der Waals surface area contributed by atoms with Gasteiger partial charge in [-0.3, -0.25) is 0 Å². The lowest BCUT2D eigenvalue weighted by molar-refractivity contribution is -0.152. The molecule has 11 heavy (non-hydrogen) atoms. The minimum Gasteiger partial charge on any atom is -0.390 e. The van der Waals surface area contributed by atoms with Crippen molar-refractivity contribution in [3.05, 3.63) is 0 Å². The van der Waals surface area contributed by atoms with Gasteiger partial charge in [0.1, 0.15) is 0 Å². The second kappa shape index (κ2) is 4.30. The van der Waals surface area contributed by atoms with Gasteiger partial charge in [0, 0.05) is 11.7 Å². The van der Waals surface area contributed by atoms with Gasteiger partial charge < -0.3 is 14.9 Å². The van der Waals surface area contributed by atoms with Crippen molar-refractivity contribution in [1.82, 2.24) is 0 Å². The molecule has 3 unspecified atom stereocenters. The lowest BCUT2D eigenvalue weighted by atomic mass is 10.1. The van der Waals surface area contributed by atoms with E-state index in [0.29, 0.717) is 6.42 Å². The van der Waals surface area contributed by atoms with Crippen molar-refractivity contribution in [3.63, 3.8) is 0 Å². The Morgan fingerprint density at radius 2 is 2.27 bits per heavy atom. The van der Waals surface area contributed by atoms with E-state index in [2.05, 4.69) is 0 Å². The Labute approximate surface area is 70.7 Å². The highest BCUT2D eigenvalue weighted by molar-refractivity contribution is 7.99. The smallest absolute Gasteiger partial charge is 0.155 e. The molecule has 0 aromatic rings. The van der Waals surface area contributed by atoms with Gasteiger partial charge in [-0.15, -0.1) is 0 Å². The summed E-state index contributed by atoms with van der Waals surface area (Å²) in [5.41, 5.74) is 0. The largest absolute Gasteiger partial charge is 0.390 e. The molecule has 66 valence electrons. The van der Waals surface area contributed by atoms with Crippen LogP contribution in [0.1, 0.15) is 13.3 Å². The zero-order chi connectivity index (χ0) is 8.27. The average Bonchev–Trinajstić information content (AvgIpc) is 1.98. The Morgan fingerprint density at radius 3 is 2.91 bits per heavy atom. The fraction of sp³-hybridized carbons (Fsp3) is 1.00. The lowest BCUT2D eigenvalue weighted by Crippen LogP contribution is -2.39. The van der Waals surface area contributed by atoms with Crippen LogP contribution in [0.5, 0.6) is 0 Å². The Balaban J connectivity index is 2.34. The second-order valence-corrected chi connectivity index (χ2v) is 4.10. The molecule has 1 fully saturated rings. The fourth-order valence-electron chi connectivity index (χ4n) is 1.13. The van der Waals surface area contributed by atoms with Crippen LogP contribution in [0.3, 0.4) is 0 Å². The Hall–Kier alpha value is 0.230. The van der Waals surface area contributed by atoms with Gasteiger partial charge in [0.15, 0.2) is 6.29 Å². The quantitative estimate of drug-likeness (QED) is 0.634. The first-order valence-electron chi connectivity index (χ1n) is 3.83. The molecular formula is C7H14O3S. The molecule has 1 aliphatic heterocycles. The van der Waals surface area contributed by atoms with Crippen molar-refractivity contribution in [2.45, 2.75) is 31.0 Å². The summed E-state index contributed by atoms with van der Waals surface area (Å²) < 4.78 is 4.86. The van der Waals surface area contributed by atoms with E-state index >= 15 is 0 Å². The van der Waals surface area contributed by atoms with Gasteiger partial charge in [0.2, 0.25) is 0 Å². The van der Waals surface area contributed by atoms with Crippen LogP contribution in [0.4, 0.5) is 0 Å². The molecule has 0 aliphatic carbocycles. The third-order valence-electron chi connectivity index (χ3n) is 1.70. The number of rotatable bonds is 2. The molecule has 3 nitrogen and oxygen atoms in total. The third kappa shape index (κ3) is 2.63. The van der Waals surface area contributed by atoms with E-state index in [9.17, 15) is 5.11 Å². The molecular weight excluding hydrogens is 164 g/mol. The Bertz CT molecular complexity index is 120. The number of hydrogen-bond donors (Lipinski definition) is 2. The molecule has 3 atom stereocenters. The minimum atomic E-state index is -0.678. The van der Waals surface area contributed by atoms with Gasteiger partial charge in [0.25, 0.3) is 0 Å². The van der Waals surface area contributed by atoms with Crippen molar-refractivity contribution in [3.8, 4) is 0 Å². The summed E-state index contributed by atoms with van der Waals surface area (Å²) in [5.74, 6) is 0.967. The van der Waals surface area contributed by atoms with E-state index in [0.717, 1.165) is 5.75 Å². The van der Waals surface area contributed by atoms with E-state index in [4.69, 9.17) is 9.84 Å². The Morgan fingerprint density at radius 1 is 1.55 bits per heavy atom. The second-order valence-electron chi connectivity index (χ2n) is 2.58. The molecule has 1 rings (SSSR count). The van der Waals surface area contributed by atoms with Gasteiger partial charge in [0.05, 0.1) is 12.7 Å². The normalized spacial score (nSPS) is 39.0. The first-order valence-corrected chi connectivity index (χ1v) is 4.88. The highest BCUT2D eigenvalue weighted by Crippen LogP contribution is 2.24. The number of aliphatic hydroxyl groups is 2. The van der Waals surface area contributed by atoms with Crippen LogP contribution in [-0.4, -0.2) is 40.2 Å². The molecule has 2 N–H and O–H groups in total. The summed E-state index contributed by atoms with van der Waals surface area (Å²) in [7, 11) is 0. The third-order valence-corrected chi connectivity index (χ3v) is 2.97. The number of hydrogen-bond acceptors (Lipinski definition) is 4. The molecule has 0 spiro atoms. The van der Waals surface area contributed by atoms with Crippen LogP contribution >= 0.6 is 11.8 Å². The highest BCUT2D eigenvalue weighted by Gasteiger charge is 2.28. The molecule has 1 heterocycles. The Kier molecular flexibility index (Phi) is 3.65. The summed E-state index contributed by atoms with van der Waals surface area (Å²) in [5, 5.41) is 18.6. The predicted molar refractivity (Wildman–Crippen MR) is 44.5 cm³/mol. The standard InChI is InChI=1S/C7H14O3S/c1-2-11-6-3-7(9)10-4-5(6)8/h5-9H,2-4H2,1H3. The van der Waals surface area contributed by atoms with Crippen molar-refractivity contribution in [1.29, 1.82) is 0 Å². The van der Waals surface area contributed by atoms with Crippen LogP contribution in [-0.2, 0) is 4.74 Å². The van der Waals surface area contributed by atoms with Gasteiger partial charge in [-0.1, -0.05) is 6.92 Å². The van der Waals surface area contributed by atoms with Gasteiger partial charge >= 0.3 is 0 Å². The minimum absolute atomic E-state index is 0.142. The molecule has 0 radical (unpaired) electrons. The maximum atomic E-state index is 9.36. The SMILES string of the molecule is CCSC1CC(O)OCC1O. The molecule has 0 aromatic heterocycles. The zero-order valence-corrected chi connectivity index (χ0v) is 7.38. The summed E-state index contributed by atoms with van der Waals surface area (Å²) in [6.07, 6.45) is -0.551. The highest BCUT2D eigenvalue weighted by atomic mass is 32.2. The number of ether oxygens (including phenoxy) is 1. The first kappa shape index (κ1) is 9.32. The molecule has 4 heteroatoms. The molecule has 0 aromatic carbocycles. The van der Waals surface area contributed by atoms with Crippen LogP contribution in [0, 0.1) is 0 Å². The molecule has 1 aliphatic rings. The predicted octanol–water partition coefficient (Wildman–Crippen LogP) is 0.208. The van der Waals surface area contributed by atoms with Crippen molar-refractivity contribution < 1.29 is 14.9 Å². The van der Waals surface area contributed by atoms with E-state index in [1.165, 1.54) is 0 Å². The van der Waals surface area contributed by atoms with Crippen molar-refractivity contribution >= 4 is 11.8 Å². The number of aliphatic hydroxyl groups excluding tert-OH is 2. The maximum Gasteiger partial charge on any atom is 0.155 e. The first-order chi connectivity index (χ1) is 5.24. The van der Waals surface area contributed by atoms with Crippen LogP contribution < -0.4 is 0 Å². The summed E-state index contributed by atoms with van der Waals surface area (Å²) in [6, 6.07) is 0. The van der Waals surface area contributed by atoms with Crippen molar-refractivity contribution in [2.75, 3.05) is 12.4 Å². The molecule has 0 bridgehead atoms.